The molecule has 0 aliphatic rings. The summed E-state index contributed by atoms with van der Waals surface area (Å²) in [5.41, 5.74) is 0.909. The second kappa shape index (κ2) is 5.15. The fraction of sp³-hybridized carbons (Fsp3) is 1.00. The van der Waals surface area contributed by atoms with Crippen LogP contribution in [0.4, 0.5) is 0 Å². The topological polar surface area (TPSA) is 18.5 Å². The molecule has 0 heterocycles. The molecule has 0 saturated carbocycles. The molecule has 0 saturated heterocycles. The van der Waals surface area contributed by atoms with Crippen molar-refractivity contribution < 1.29 is 8.85 Å². The summed E-state index contributed by atoms with van der Waals surface area (Å²) in [7, 11) is -3.27. The molecule has 0 aromatic rings. The van der Waals surface area contributed by atoms with Gasteiger partial charge in [0.15, 0.2) is 0 Å². The second-order valence-corrected chi connectivity index (χ2v) is 17.5. The maximum atomic E-state index is 6.33. The maximum Gasteiger partial charge on any atom is 0.333 e. The van der Waals surface area contributed by atoms with E-state index in [9.17, 15) is 0 Å². The standard InChI is InChI=1S/C13H32O2Si2/c1-12(2,3)14-17(10,11-16(7,8)9)15-13(4,5)6/h11H2,1-10H3. The SMILES string of the molecule is CC(C)(C)O[Si](C)(C[Si](C)(C)C)OC(C)(C)C. The van der Waals surface area contributed by atoms with Crippen LogP contribution in [0.3, 0.4) is 0 Å². The molecule has 0 unspecified atom stereocenters. The van der Waals surface area contributed by atoms with E-state index >= 15 is 0 Å². The molecule has 0 rings (SSSR count). The van der Waals surface area contributed by atoms with Crippen molar-refractivity contribution in [1.82, 2.24) is 0 Å². The van der Waals surface area contributed by atoms with Crippen molar-refractivity contribution in [2.45, 2.75) is 84.6 Å². The summed E-state index contributed by atoms with van der Waals surface area (Å²) in [6.45, 7) is 22.1. The van der Waals surface area contributed by atoms with E-state index in [4.69, 9.17) is 8.85 Å². The summed E-state index contributed by atoms with van der Waals surface area (Å²) in [6, 6.07) is 0. The Morgan fingerprint density at radius 3 is 1.18 bits per heavy atom. The van der Waals surface area contributed by atoms with Gasteiger partial charge in [0.25, 0.3) is 0 Å². The van der Waals surface area contributed by atoms with Crippen LogP contribution in [0.2, 0.25) is 31.9 Å². The van der Waals surface area contributed by atoms with Gasteiger partial charge in [-0.15, -0.1) is 0 Å². The second-order valence-electron chi connectivity index (χ2n) is 8.30. The van der Waals surface area contributed by atoms with Crippen LogP contribution in [-0.4, -0.2) is 27.8 Å². The summed E-state index contributed by atoms with van der Waals surface area (Å²) in [5.74, 6) is 0. The molecule has 0 aliphatic heterocycles. The van der Waals surface area contributed by atoms with Gasteiger partial charge < -0.3 is 8.85 Å². The number of hydrogen-bond donors (Lipinski definition) is 0. The maximum absolute atomic E-state index is 6.33. The molecule has 0 spiro atoms. The number of hydrogen-bond acceptors (Lipinski definition) is 2. The predicted molar refractivity (Wildman–Crippen MR) is 81.4 cm³/mol. The lowest BCUT2D eigenvalue weighted by Gasteiger charge is -2.41. The largest absolute Gasteiger partial charge is 0.390 e. The van der Waals surface area contributed by atoms with Gasteiger partial charge in [0.05, 0.1) is 11.2 Å². The molecule has 0 radical (unpaired) electrons. The molecule has 17 heavy (non-hydrogen) atoms. The van der Waals surface area contributed by atoms with Crippen LogP contribution in [0.5, 0.6) is 0 Å². The van der Waals surface area contributed by atoms with Gasteiger partial charge in [-0.1, -0.05) is 19.6 Å². The van der Waals surface area contributed by atoms with Crippen LogP contribution in [0, 0.1) is 0 Å². The van der Waals surface area contributed by atoms with Gasteiger partial charge >= 0.3 is 8.56 Å². The van der Waals surface area contributed by atoms with Crippen molar-refractivity contribution in [3.05, 3.63) is 0 Å². The lowest BCUT2D eigenvalue weighted by atomic mass is 10.2. The minimum Gasteiger partial charge on any atom is -0.390 e. The molecule has 4 heteroatoms. The van der Waals surface area contributed by atoms with Crippen LogP contribution in [0.1, 0.15) is 41.5 Å². The highest BCUT2D eigenvalue weighted by molar-refractivity contribution is 6.90. The Kier molecular flexibility index (Phi) is 5.26. The molecule has 0 amide bonds. The minimum absolute atomic E-state index is 0.119. The highest BCUT2D eigenvalue weighted by Gasteiger charge is 2.43. The van der Waals surface area contributed by atoms with Crippen molar-refractivity contribution in [2.75, 3.05) is 0 Å². The fourth-order valence-electron chi connectivity index (χ4n) is 2.35. The Labute approximate surface area is 110 Å². The van der Waals surface area contributed by atoms with E-state index in [1.807, 2.05) is 0 Å². The predicted octanol–water partition coefficient (Wildman–Crippen LogP) is 4.57. The zero-order valence-corrected chi connectivity index (χ0v) is 15.5. The van der Waals surface area contributed by atoms with Crippen molar-refractivity contribution in [1.29, 1.82) is 0 Å². The summed E-state index contributed by atoms with van der Waals surface area (Å²) >= 11 is 0. The highest BCUT2D eigenvalue weighted by Crippen LogP contribution is 2.30. The first-order valence-corrected chi connectivity index (χ1v) is 12.8. The number of rotatable bonds is 4. The van der Waals surface area contributed by atoms with Crippen molar-refractivity contribution in [3.63, 3.8) is 0 Å². The normalized spacial score (nSPS) is 15.2. The van der Waals surface area contributed by atoms with Crippen LogP contribution < -0.4 is 0 Å². The lowest BCUT2D eigenvalue weighted by molar-refractivity contribution is 0.0198. The van der Waals surface area contributed by atoms with Crippen LogP contribution >= 0.6 is 0 Å². The Bertz CT molecular complexity index is 203. The molecule has 2 nitrogen and oxygen atoms in total. The van der Waals surface area contributed by atoms with E-state index in [2.05, 4.69) is 67.7 Å². The average Bonchev–Trinajstić information content (AvgIpc) is 1.65. The van der Waals surface area contributed by atoms with Gasteiger partial charge in [0.2, 0.25) is 0 Å². The Balaban J connectivity index is 4.95. The Morgan fingerprint density at radius 2 is 1.00 bits per heavy atom. The van der Waals surface area contributed by atoms with Gasteiger partial charge in [-0.05, 0) is 53.8 Å². The molecule has 0 N–H and O–H groups in total. The molecule has 0 aromatic carbocycles. The van der Waals surface area contributed by atoms with Crippen LogP contribution in [0.25, 0.3) is 0 Å². The van der Waals surface area contributed by atoms with Crippen LogP contribution in [-0.2, 0) is 8.85 Å². The summed E-state index contributed by atoms with van der Waals surface area (Å²) in [4.78, 5) is 0. The van der Waals surface area contributed by atoms with E-state index in [1.165, 1.54) is 0 Å². The third kappa shape index (κ3) is 10.0. The van der Waals surface area contributed by atoms with E-state index in [0.717, 1.165) is 5.67 Å². The lowest BCUT2D eigenvalue weighted by Crippen LogP contribution is -2.53. The average molecular weight is 277 g/mol. The van der Waals surface area contributed by atoms with Crippen LogP contribution in [0.15, 0.2) is 0 Å². The molecule has 104 valence electrons. The first-order valence-electron chi connectivity index (χ1n) is 6.52. The van der Waals surface area contributed by atoms with Crippen molar-refractivity contribution in [3.8, 4) is 0 Å². The first kappa shape index (κ1) is 17.4. The summed E-state index contributed by atoms with van der Waals surface area (Å²) in [5, 5.41) is 0. The summed E-state index contributed by atoms with van der Waals surface area (Å²) in [6.07, 6.45) is 0. The highest BCUT2D eigenvalue weighted by atomic mass is 28.4. The van der Waals surface area contributed by atoms with Gasteiger partial charge in [-0.25, -0.2) is 0 Å². The fourth-order valence-corrected chi connectivity index (χ4v) is 13.3. The molecular weight excluding hydrogens is 244 g/mol. The van der Waals surface area contributed by atoms with Gasteiger partial charge in [-0.2, -0.15) is 0 Å². The minimum atomic E-state index is -2.09. The van der Waals surface area contributed by atoms with E-state index in [0.29, 0.717) is 0 Å². The molecular formula is C13H32O2Si2. The van der Waals surface area contributed by atoms with Crippen molar-refractivity contribution >= 4 is 16.6 Å². The monoisotopic (exact) mass is 276 g/mol. The Morgan fingerprint density at radius 1 is 0.706 bits per heavy atom. The molecule has 0 fully saturated rings. The first-order chi connectivity index (χ1) is 7.12. The van der Waals surface area contributed by atoms with Gasteiger partial charge in [0.1, 0.15) is 0 Å². The van der Waals surface area contributed by atoms with Gasteiger partial charge in [-0.3, -0.25) is 0 Å². The zero-order chi connectivity index (χ0) is 14.1. The van der Waals surface area contributed by atoms with Crippen molar-refractivity contribution in [2.24, 2.45) is 0 Å². The molecule has 0 aromatic heterocycles. The Hall–Kier alpha value is 0.354. The quantitative estimate of drug-likeness (QED) is 0.701. The molecule has 0 aliphatic carbocycles. The smallest absolute Gasteiger partial charge is 0.333 e. The van der Waals surface area contributed by atoms with E-state index < -0.39 is 16.6 Å². The molecule has 0 atom stereocenters. The zero-order valence-electron chi connectivity index (χ0n) is 13.5. The van der Waals surface area contributed by atoms with Gasteiger partial charge in [0, 0.05) is 8.07 Å². The van der Waals surface area contributed by atoms with E-state index in [1.54, 1.807) is 0 Å². The summed E-state index contributed by atoms with van der Waals surface area (Å²) < 4.78 is 12.7. The third-order valence-corrected chi connectivity index (χ3v) is 10.8. The van der Waals surface area contributed by atoms with E-state index in [-0.39, 0.29) is 11.2 Å². The molecule has 0 bridgehead atoms. The third-order valence-electron chi connectivity index (χ3n) is 1.90.